The van der Waals surface area contributed by atoms with Crippen molar-refractivity contribution in [2.75, 3.05) is 0 Å². The van der Waals surface area contributed by atoms with Crippen LogP contribution in [0.3, 0.4) is 0 Å². The molecular weight excluding hydrogens is 409 g/mol. The quantitative estimate of drug-likeness (QED) is 0.273. The van der Waals surface area contributed by atoms with Crippen LogP contribution in [0.4, 0.5) is 0 Å². The Labute approximate surface area is 161 Å². The van der Waals surface area contributed by atoms with Crippen molar-refractivity contribution < 1.29 is 29.4 Å². The van der Waals surface area contributed by atoms with E-state index in [1.54, 1.807) is 0 Å². The summed E-state index contributed by atoms with van der Waals surface area (Å²) in [5, 5.41) is 19.8. The van der Waals surface area contributed by atoms with Gasteiger partial charge in [-0.3, -0.25) is 9.59 Å². The van der Waals surface area contributed by atoms with E-state index >= 15 is 0 Å². The molecule has 0 rings (SSSR count). The fraction of sp³-hybridized carbons (Fsp3) is 0.600. The molecule has 0 radical (unpaired) electrons. The van der Waals surface area contributed by atoms with E-state index in [-0.39, 0.29) is 74.6 Å². The first-order chi connectivity index (χ1) is 9.07. The number of carboxylic acid groups (broad SMARTS) is 2. The number of nitrogens with two attached hydrogens (primary N) is 4. The second-order valence-electron chi connectivity index (χ2n) is 3.86. The monoisotopic (exact) mass is 428 g/mol. The third-order valence-corrected chi connectivity index (χ3v) is 2.01. The number of primary amides is 2. The molecule has 0 aromatic heterocycles. The predicted octanol–water partition coefficient (Wildman–Crippen LogP) is -5.72. The maximum absolute atomic E-state index is 10.1. The molecule has 21 heavy (non-hydrogen) atoms. The largest absolute Gasteiger partial charge is 2.00 e. The van der Waals surface area contributed by atoms with Gasteiger partial charge >= 0.3 is 48.9 Å². The van der Waals surface area contributed by atoms with Gasteiger partial charge in [0.1, 0.15) is 0 Å². The molecule has 0 heterocycles. The zero-order chi connectivity index (χ0) is 16.3. The van der Waals surface area contributed by atoms with Gasteiger partial charge in [-0.1, -0.05) is 0 Å². The van der Waals surface area contributed by atoms with Crippen molar-refractivity contribution in [2.24, 2.45) is 22.9 Å². The van der Waals surface area contributed by atoms with Gasteiger partial charge in [0.05, 0.1) is 11.9 Å². The average molecular weight is 428 g/mol. The summed E-state index contributed by atoms with van der Waals surface area (Å²) < 4.78 is 0. The van der Waals surface area contributed by atoms with Gasteiger partial charge in [-0.2, -0.15) is 0 Å². The molecule has 0 aromatic carbocycles. The number of hydrogen-bond acceptors (Lipinski definition) is 8. The molecule has 11 heteroatoms. The first-order valence-corrected chi connectivity index (χ1v) is 5.57. The van der Waals surface area contributed by atoms with Crippen LogP contribution in [0.25, 0.3) is 0 Å². The first-order valence-electron chi connectivity index (χ1n) is 5.57. The maximum Gasteiger partial charge on any atom is 2.00 e. The number of carbonyl (C=O) groups excluding carboxylic acids is 4. The third-order valence-electron chi connectivity index (χ3n) is 2.01. The van der Waals surface area contributed by atoms with Crippen molar-refractivity contribution in [3.8, 4) is 0 Å². The molecule has 0 saturated heterocycles. The maximum atomic E-state index is 10.1. The molecule has 0 spiro atoms. The summed E-state index contributed by atoms with van der Waals surface area (Å²) in [6.07, 6.45) is 0.0413. The van der Waals surface area contributed by atoms with Gasteiger partial charge in [0, 0.05) is 24.9 Å². The van der Waals surface area contributed by atoms with Gasteiger partial charge in [0.15, 0.2) is 0 Å². The van der Waals surface area contributed by atoms with E-state index in [2.05, 4.69) is 0 Å². The Bertz CT molecular complexity index is 331. The number of carbonyl (C=O) groups is 4. The van der Waals surface area contributed by atoms with Crippen LogP contribution >= 0.6 is 0 Å². The molecule has 0 unspecified atom stereocenters. The SMILES string of the molecule is NC(=O)CC[C@H](N)C(=O)[O-].NC(=O)CC[C@H](N)C(=O)[O-].[Ba+2]. The van der Waals surface area contributed by atoms with Gasteiger partial charge < -0.3 is 42.7 Å². The van der Waals surface area contributed by atoms with Gasteiger partial charge in [-0.05, 0) is 12.8 Å². The molecule has 2 amide bonds. The van der Waals surface area contributed by atoms with E-state index in [0.717, 1.165) is 0 Å². The first kappa shape index (κ1) is 25.3. The molecule has 8 N–H and O–H groups in total. The predicted molar refractivity (Wildman–Crippen MR) is 68.6 cm³/mol. The summed E-state index contributed by atoms with van der Waals surface area (Å²) in [6.45, 7) is 0. The van der Waals surface area contributed by atoms with E-state index in [0.29, 0.717) is 0 Å². The Hall–Kier alpha value is -0.629. The molecule has 0 bridgehead atoms. The number of amides is 2. The Morgan fingerprint density at radius 3 is 1.14 bits per heavy atom. The Kier molecular flexibility index (Phi) is 17.3. The Morgan fingerprint density at radius 1 is 0.762 bits per heavy atom. The number of aliphatic carboxylic acids is 2. The molecule has 0 aliphatic carbocycles. The normalized spacial score (nSPS) is 11.9. The molecule has 0 saturated carbocycles. The van der Waals surface area contributed by atoms with Crippen LogP contribution in [-0.4, -0.2) is 84.7 Å². The summed E-state index contributed by atoms with van der Waals surface area (Å²) in [6, 6.07) is -2.18. The molecular formula is C10H18BaN4O6. The smallest absolute Gasteiger partial charge is 0.548 e. The fourth-order valence-electron chi connectivity index (χ4n) is 0.831. The van der Waals surface area contributed by atoms with Crippen molar-refractivity contribution in [3.63, 3.8) is 0 Å². The molecule has 2 atom stereocenters. The second kappa shape index (κ2) is 14.3. The van der Waals surface area contributed by atoms with Crippen molar-refractivity contribution in [1.82, 2.24) is 0 Å². The van der Waals surface area contributed by atoms with E-state index < -0.39 is 35.8 Å². The van der Waals surface area contributed by atoms with Crippen LogP contribution in [0.1, 0.15) is 25.7 Å². The fourth-order valence-corrected chi connectivity index (χ4v) is 0.831. The Morgan fingerprint density at radius 2 is 1.00 bits per heavy atom. The third kappa shape index (κ3) is 19.4. The van der Waals surface area contributed by atoms with Crippen LogP contribution in [-0.2, 0) is 19.2 Å². The standard InChI is InChI=1S/2C5H10N2O3.Ba/c2*6-3(5(9)10)1-2-4(7)8;/h2*3H,1-2,6H2,(H2,7,8)(H,9,10);/q;;+2/p-2/t2*3-;/m00./s1. The van der Waals surface area contributed by atoms with Gasteiger partial charge in [0.25, 0.3) is 0 Å². The minimum absolute atomic E-state index is 0. The van der Waals surface area contributed by atoms with Crippen LogP contribution in [0.5, 0.6) is 0 Å². The van der Waals surface area contributed by atoms with Crippen molar-refractivity contribution in [3.05, 3.63) is 0 Å². The molecule has 10 nitrogen and oxygen atoms in total. The summed E-state index contributed by atoms with van der Waals surface area (Å²) in [5.74, 6) is -3.84. The Balaban J connectivity index is -0.000000295. The zero-order valence-electron chi connectivity index (χ0n) is 11.4. The van der Waals surface area contributed by atoms with E-state index in [1.165, 1.54) is 0 Å². The molecule has 0 fully saturated rings. The van der Waals surface area contributed by atoms with Gasteiger partial charge in [-0.15, -0.1) is 0 Å². The minimum Gasteiger partial charge on any atom is -0.548 e. The second-order valence-corrected chi connectivity index (χ2v) is 3.86. The topological polar surface area (TPSA) is 218 Å². The van der Waals surface area contributed by atoms with Crippen LogP contribution in [0.15, 0.2) is 0 Å². The zero-order valence-corrected chi connectivity index (χ0v) is 15.9. The summed E-state index contributed by atoms with van der Waals surface area (Å²) >= 11 is 0. The average Bonchev–Trinajstić information content (AvgIpc) is 2.33. The molecule has 0 aromatic rings. The van der Waals surface area contributed by atoms with Gasteiger partial charge in [0.2, 0.25) is 11.8 Å². The van der Waals surface area contributed by atoms with Crippen LogP contribution in [0, 0.1) is 0 Å². The molecule has 116 valence electrons. The van der Waals surface area contributed by atoms with E-state index in [1.807, 2.05) is 0 Å². The summed E-state index contributed by atoms with van der Waals surface area (Å²) in [4.78, 5) is 40.0. The number of rotatable bonds is 8. The molecule has 0 aliphatic rings. The van der Waals surface area contributed by atoms with Crippen molar-refractivity contribution in [2.45, 2.75) is 37.8 Å². The minimum atomic E-state index is -1.36. The van der Waals surface area contributed by atoms with Crippen molar-refractivity contribution in [1.29, 1.82) is 0 Å². The van der Waals surface area contributed by atoms with Gasteiger partial charge in [-0.25, -0.2) is 0 Å². The summed E-state index contributed by atoms with van der Waals surface area (Å²) in [5.41, 5.74) is 19.5. The van der Waals surface area contributed by atoms with Crippen LogP contribution in [0.2, 0.25) is 0 Å². The van der Waals surface area contributed by atoms with Crippen LogP contribution < -0.4 is 33.1 Å². The van der Waals surface area contributed by atoms with Crippen molar-refractivity contribution >= 4 is 72.6 Å². The van der Waals surface area contributed by atoms with E-state index in [9.17, 15) is 29.4 Å². The van der Waals surface area contributed by atoms with E-state index in [4.69, 9.17) is 22.9 Å². The number of hydrogen-bond donors (Lipinski definition) is 4. The summed E-state index contributed by atoms with van der Waals surface area (Å²) in [7, 11) is 0. The number of carboxylic acids is 2. The molecule has 0 aliphatic heterocycles.